The monoisotopic (exact) mass is 537 g/mol. The maximum absolute atomic E-state index is 10.2. The zero-order valence-corrected chi connectivity index (χ0v) is 25.4. The van der Waals surface area contributed by atoms with Crippen molar-refractivity contribution in [1.82, 2.24) is 9.38 Å². The molecule has 7 rings (SSSR count). The number of benzene rings is 4. The van der Waals surface area contributed by atoms with E-state index in [9.17, 15) is 5.26 Å². The second-order valence-electron chi connectivity index (χ2n) is 14.4. The Morgan fingerprint density at radius 1 is 0.829 bits per heavy atom. The van der Waals surface area contributed by atoms with Crippen molar-refractivity contribution in [3.63, 3.8) is 0 Å². The molecular weight excluding hydrogens is 500 g/mol. The lowest BCUT2D eigenvalue weighted by Crippen LogP contribution is -2.30. The predicted molar refractivity (Wildman–Crippen MR) is 171 cm³/mol. The van der Waals surface area contributed by atoms with Gasteiger partial charge in [-0.2, -0.15) is 5.26 Å². The van der Waals surface area contributed by atoms with Crippen LogP contribution in [-0.2, 0) is 19.9 Å². The number of hydrogen-bond acceptors (Lipinski definition) is 2. The van der Waals surface area contributed by atoms with Crippen LogP contribution in [0.4, 0.5) is 0 Å². The first-order chi connectivity index (χ1) is 19.4. The Balaban J connectivity index is 1.84. The number of nitriles is 1. The molecule has 0 fully saturated rings. The highest BCUT2D eigenvalue weighted by Gasteiger charge is 2.29. The molecule has 0 saturated carbocycles. The number of pyridine rings is 1. The minimum atomic E-state index is 0.0760. The Kier molecular flexibility index (Phi) is 5.27. The maximum atomic E-state index is 10.2. The SMILES string of the molecule is Cc1c2cc(CC(C)(C)C)ccc2c(CC(C)(C)C)c2c1c1c3c(ccc4c5c(C#N)cccc5n2c43)nc[n+]1C. The van der Waals surface area contributed by atoms with E-state index in [-0.39, 0.29) is 10.8 Å². The summed E-state index contributed by atoms with van der Waals surface area (Å²) in [4.78, 5) is 4.87. The van der Waals surface area contributed by atoms with Crippen molar-refractivity contribution in [2.24, 2.45) is 17.9 Å². The third-order valence-corrected chi connectivity index (χ3v) is 8.62. The summed E-state index contributed by atoms with van der Waals surface area (Å²) < 4.78 is 4.67. The van der Waals surface area contributed by atoms with Gasteiger partial charge >= 0.3 is 0 Å². The minimum absolute atomic E-state index is 0.0760. The first-order valence-electron chi connectivity index (χ1n) is 14.6. The van der Waals surface area contributed by atoms with Crippen molar-refractivity contribution in [3.05, 3.63) is 77.1 Å². The van der Waals surface area contributed by atoms with Gasteiger partial charge in [0.05, 0.1) is 46.0 Å². The molecule has 4 heteroatoms. The third-order valence-electron chi connectivity index (χ3n) is 8.62. The van der Waals surface area contributed by atoms with E-state index in [0.29, 0.717) is 5.56 Å². The molecule has 0 aliphatic carbocycles. The van der Waals surface area contributed by atoms with Gasteiger partial charge in [0.15, 0.2) is 5.52 Å². The van der Waals surface area contributed by atoms with Crippen LogP contribution in [0.15, 0.2) is 54.9 Å². The fourth-order valence-electron chi connectivity index (χ4n) is 7.22. The van der Waals surface area contributed by atoms with Crippen LogP contribution in [-0.4, -0.2) is 9.38 Å². The van der Waals surface area contributed by atoms with Crippen LogP contribution in [0.3, 0.4) is 0 Å². The summed E-state index contributed by atoms with van der Waals surface area (Å²) in [6.07, 6.45) is 3.92. The van der Waals surface area contributed by atoms with Gasteiger partial charge in [0.1, 0.15) is 5.52 Å². The predicted octanol–water partition coefficient (Wildman–Crippen LogP) is 8.72. The highest BCUT2D eigenvalue weighted by atomic mass is 15.0. The van der Waals surface area contributed by atoms with Gasteiger partial charge in [-0.25, -0.2) is 4.57 Å². The fourth-order valence-corrected chi connectivity index (χ4v) is 7.22. The molecule has 0 amide bonds. The molecule has 0 spiro atoms. The first-order valence-corrected chi connectivity index (χ1v) is 14.6. The summed E-state index contributed by atoms with van der Waals surface area (Å²) in [5.74, 6) is 0. The second kappa shape index (κ2) is 8.40. The summed E-state index contributed by atoms with van der Waals surface area (Å²) in [7, 11) is 2.12. The molecule has 0 unspecified atom stereocenters. The van der Waals surface area contributed by atoms with Crippen molar-refractivity contribution in [3.8, 4) is 6.07 Å². The van der Waals surface area contributed by atoms with E-state index in [1.54, 1.807) is 0 Å². The van der Waals surface area contributed by atoms with Crippen LogP contribution in [0, 0.1) is 29.1 Å². The molecule has 3 aromatic heterocycles. The Morgan fingerprint density at radius 2 is 1.56 bits per heavy atom. The lowest BCUT2D eigenvalue weighted by molar-refractivity contribution is -0.646. The van der Waals surface area contributed by atoms with Crippen molar-refractivity contribution < 1.29 is 4.57 Å². The van der Waals surface area contributed by atoms with E-state index in [1.165, 1.54) is 43.9 Å². The zero-order valence-electron chi connectivity index (χ0n) is 25.4. The van der Waals surface area contributed by atoms with E-state index in [1.807, 2.05) is 18.5 Å². The maximum Gasteiger partial charge on any atom is 0.287 e. The topological polar surface area (TPSA) is 45.0 Å². The van der Waals surface area contributed by atoms with E-state index >= 15 is 0 Å². The molecule has 0 saturated heterocycles. The molecule has 3 heterocycles. The van der Waals surface area contributed by atoms with E-state index in [0.717, 1.165) is 45.6 Å². The van der Waals surface area contributed by atoms with E-state index in [4.69, 9.17) is 4.98 Å². The van der Waals surface area contributed by atoms with Gasteiger partial charge in [-0.15, -0.1) is 0 Å². The second-order valence-corrected chi connectivity index (χ2v) is 14.4. The van der Waals surface area contributed by atoms with E-state index in [2.05, 4.69) is 107 Å². The summed E-state index contributed by atoms with van der Waals surface area (Å²) in [5.41, 5.74) is 10.7. The minimum Gasteiger partial charge on any atom is -0.307 e. The normalized spacial score (nSPS) is 13.0. The van der Waals surface area contributed by atoms with Gasteiger partial charge in [0, 0.05) is 10.8 Å². The van der Waals surface area contributed by atoms with Gasteiger partial charge < -0.3 is 4.40 Å². The molecule has 4 nitrogen and oxygen atoms in total. The third kappa shape index (κ3) is 3.72. The lowest BCUT2D eigenvalue weighted by Gasteiger charge is -2.25. The summed E-state index contributed by atoms with van der Waals surface area (Å²) in [6, 6.07) is 20.1. The molecule has 0 N–H and O–H groups in total. The molecule has 0 aliphatic heterocycles. The van der Waals surface area contributed by atoms with Crippen molar-refractivity contribution in [2.75, 3.05) is 0 Å². The number of aromatic nitrogens is 3. The largest absolute Gasteiger partial charge is 0.307 e. The van der Waals surface area contributed by atoms with Crippen LogP contribution in [0.25, 0.3) is 59.9 Å². The Labute approximate surface area is 241 Å². The molecule has 204 valence electrons. The number of rotatable bonds is 2. The van der Waals surface area contributed by atoms with Crippen LogP contribution in [0.1, 0.15) is 63.8 Å². The highest BCUT2D eigenvalue weighted by Crippen LogP contribution is 2.45. The summed E-state index contributed by atoms with van der Waals surface area (Å²) in [6.45, 7) is 16.2. The van der Waals surface area contributed by atoms with Crippen LogP contribution < -0.4 is 4.57 Å². The average Bonchev–Trinajstić information content (AvgIpc) is 3.24. The quantitative estimate of drug-likeness (QED) is 0.126. The van der Waals surface area contributed by atoms with Crippen LogP contribution >= 0.6 is 0 Å². The number of fused-ring (bicyclic) bond motifs is 7. The van der Waals surface area contributed by atoms with E-state index < -0.39 is 0 Å². The Morgan fingerprint density at radius 3 is 2.27 bits per heavy atom. The van der Waals surface area contributed by atoms with Gasteiger partial charge in [-0.3, -0.25) is 0 Å². The van der Waals surface area contributed by atoms with Gasteiger partial charge in [0.25, 0.3) is 6.33 Å². The number of hydrogen-bond donors (Lipinski definition) is 0. The molecule has 0 atom stereocenters. The molecule has 4 aromatic carbocycles. The highest BCUT2D eigenvalue weighted by molar-refractivity contribution is 6.29. The smallest absolute Gasteiger partial charge is 0.287 e. The van der Waals surface area contributed by atoms with Crippen molar-refractivity contribution >= 4 is 59.9 Å². The summed E-state index contributed by atoms with van der Waals surface area (Å²) in [5, 5.41) is 17.4. The number of nitrogens with zero attached hydrogens (tertiary/aromatic N) is 4. The Hall–Kier alpha value is -4.23. The van der Waals surface area contributed by atoms with Crippen molar-refractivity contribution in [2.45, 2.75) is 61.3 Å². The van der Waals surface area contributed by atoms with Crippen molar-refractivity contribution in [1.29, 1.82) is 5.26 Å². The lowest BCUT2D eigenvalue weighted by atomic mass is 9.82. The number of aryl methyl sites for hydroxylation is 2. The Bertz CT molecular complexity index is 2250. The summed E-state index contributed by atoms with van der Waals surface area (Å²) >= 11 is 0. The van der Waals surface area contributed by atoms with Gasteiger partial charge in [-0.1, -0.05) is 65.8 Å². The van der Waals surface area contributed by atoms with Gasteiger partial charge in [-0.05, 0) is 87.3 Å². The first kappa shape index (κ1) is 25.7. The molecule has 7 aromatic rings. The molecule has 0 radical (unpaired) electrons. The van der Waals surface area contributed by atoms with Gasteiger partial charge in [0.2, 0.25) is 0 Å². The fraction of sp³-hybridized carbons (Fsp3) is 0.324. The van der Waals surface area contributed by atoms with Crippen LogP contribution in [0.2, 0.25) is 0 Å². The molecule has 0 bridgehead atoms. The molecular formula is C37H37N4+. The zero-order chi connectivity index (χ0) is 29.0. The molecule has 41 heavy (non-hydrogen) atoms. The average molecular weight is 538 g/mol. The standard InChI is InChI=1S/C37H37N4/c1-21-26-16-22(17-36(2,3)4)12-13-24(26)27(18-37(5,6)7)34-30(21)35-32-28(39-20-40(35)8)15-14-25-31-23(19-38)10-9-11-29(31)41(34)33(25)32/h9-16,20H,17-18H2,1-8H3/q+1. The van der Waals surface area contributed by atoms with Crippen LogP contribution in [0.5, 0.6) is 0 Å². The molecule has 0 aliphatic rings.